The minimum Gasteiger partial charge on any atom is -0.508 e. The van der Waals surface area contributed by atoms with Crippen molar-refractivity contribution < 1.29 is 10.2 Å². The predicted molar refractivity (Wildman–Crippen MR) is 73.1 cm³/mol. The molecule has 1 unspecified atom stereocenters. The number of nitrogens with one attached hydrogen (secondary N) is 1. The van der Waals surface area contributed by atoms with E-state index in [1.165, 1.54) is 0 Å². The third kappa shape index (κ3) is 4.66. The summed E-state index contributed by atoms with van der Waals surface area (Å²) in [5.41, 5.74) is 0.0980. The van der Waals surface area contributed by atoms with Crippen LogP contribution in [0.1, 0.15) is 38.8 Å². The topological polar surface area (TPSA) is 52.5 Å². The Labute approximate surface area is 111 Å². The second-order valence-electron chi connectivity index (χ2n) is 4.86. The molecule has 4 heteroatoms. The first-order valence-electron chi connectivity index (χ1n) is 5.77. The molecule has 0 aliphatic heterocycles. The van der Waals surface area contributed by atoms with Crippen molar-refractivity contribution in [3.05, 3.63) is 28.2 Å². The van der Waals surface area contributed by atoms with Crippen LogP contribution >= 0.6 is 15.9 Å². The van der Waals surface area contributed by atoms with E-state index in [4.69, 9.17) is 0 Å². The van der Waals surface area contributed by atoms with Crippen LogP contribution in [0.2, 0.25) is 0 Å². The van der Waals surface area contributed by atoms with Gasteiger partial charge in [0.1, 0.15) is 5.75 Å². The molecule has 17 heavy (non-hydrogen) atoms. The van der Waals surface area contributed by atoms with Crippen LogP contribution in [0.25, 0.3) is 0 Å². The number of hydrogen-bond acceptors (Lipinski definition) is 3. The van der Waals surface area contributed by atoms with E-state index in [1.54, 1.807) is 19.9 Å². The summed E-state index contributed by atoms with van der Waals surface area (Å²) in [6, 6.07) is 5.43. The van der Waals surface area contributed by atoms with Crippen molar-refractivity contribution in [2.45, 2.75) is 38.8 Å². The van der Waals surface area contributed by atoms with E-state index in [0.29, 0.717) is 6.54 Å². The fourth-order valence-electron chi connectivity index (χ4n) is 1.65. The number of rotatable bonds is 5. The van der Waals surface area contributed by atoms with Crippen LogP contribution in [0.4, 0.5) is 0 Å². The van der Waals surface area contributed by atoms with Gasteiger partial charge in [0.25, 0.3) is 0 Å². The van der Waals surface area contributed by atoms with Crippen LogP contribution in [0.15, 0.2) is 22.7 Å². The summed E-state index contributed by atoms with van der Waals surface area (Å²) in [6.45, 7) is 6.04. The average molecular weight is 302 g/mol. The molecule has 0 radical (unpaired) electrons. The van der Waals surface area contributed by atoms with Gasteiger partial charge in [-0.3, -0.25) is 0 Å². The lowest BCUT2D eigenvalue weighted by molar-refractivity contribution is 0.0760. The highest BCUT2D eigenvalue weighted by atomic mass is 79.9. The molecule has 0 amide bonds. The smallest absolute Gasteiger partial charge is 0.120 e. The molecule has 0 saturated carbocycles. The van der Waals surface area contributed by atoms with Crippen LogP contribution in [0.5, 0.6) is 5.75 Å². The fraction of sp³-hybridized carbons (Fsp3) is 0.538. The Kier molecular flexibility index (Phi) is 4.98. The van der Waals surface area contributed by atoms with E-state index in [1.807, 2.05) is 19.1 Å². The minimum atomic E-state index is -0.755. The van der Waals surface area contributed by atoms with E-state index in [0.717, 1.165) is 16.5 Å². The summed E-state index contributed by atoms with van der Waals surface area (Å²) in [5.74, 6) is 0.281. The van der Waals surface area contributed by atoms with Gasteiger partial charge in [-0.2, -0.15) is 0 Å². The summed E-state index contributed by atoms with van der Waals surface area (Å²) in [4.78, 5) is 0. The van der Waals surface area contributed by atoms with Crippen molar-refractivity contribution >= 4 is 15.9 Å². The van der Waals surface area contributed by atoms with Gasteiger partial charge in [-0.15, -0.1) is 0 Å². The lowest BCUT2D eigenvalue weighted by Crippen LogP contribution is -2.36. The Morgan fingerprint density at radius 2 is 2.06 bits per heavy atom. The molecule has 96 valence electrons. The molecule has 3 N–H and O–H groups in total. The van der Waals surface area contributed by atoms with E-state index in [2.05, 4.69) is 21.2 Å². The van der Waals surface area contributed by atoms with Gasteiger partial charge < -0.3 is 15.5 Å². The maximum atomic E-state index is 9.84. The predicted octanol–water partition coefficient (Wildman–Crippen LogP) is 2.97. The van der Waals surface area contributed by atoms with Gasteiger partial charge in [0.2, 0.25) is 0 Å². The summed E-state index contributed by atoms with van der Waals surface area (Å²) < 4.78 is 0.939. The maximum absolute atomic E-state index is 9.84. The molecule has 0 saturated heterocycles. The summed E-state index contributed by atoms with van der Waals surface area (Å²) >= 11 is 3.40. The van der Waals surface area contributed by atoms with Crippen molar-refractivity contribution in [1.82, 2.24) is 5.32 Å². The molecule has 1 rings (SSSR count). The zero-order valence-electron chi connectivity index (χ0n) is 10.5. The zero-order valence-corrected chi connectivity index (χ0v) is 12.1. The van der Waals surface area contributed by atoms with Gasteiger partial charge >= 0.3 is 0 Å². The maximum Gasteiger partial charge on any atom is 0.120 e. The number of phenolic OH excluding ortho intramolecular Hbond substituents is 1. The molecule has 1 aromatic rings. The summed E-state index contributed by atoms with van der Waals surface area (Å²) in [5, 5.41) is 22.8. The third-order valence-electron chi connectivity index (χ3n) is 2.55. The van der Waals surface area contributed by atoms with E-state index in [9.17, 15) is 10.2 Å². The van der Waals surface area contributed by atoms with Gasteiger partial charge in [0.15, 0.2) is 0 Å². The largest absolute Gasteiger partial charge is 0.508 e. The number of halogens is 1. The zero-order chi connectivity index (χ0) is 13.1. The van der Waals surface area contributed by atoms with Crippen LogP contribution in [-0.2, 0) is 0 Å². The number of benzene rings is 1. The molecule has 0 aromatic heterocycles. The van der Waals surface area contributed by atoms with Crippen molar-refractivity contribution in [2.24, 2.45) is 0 Å². The molecule has 0 bridgehead atoms. The number of phenols is 1. The van der Waals surface area contributed by atoms with Gasteiger partial charge in [0.05, 0.1) is 5.60 Å². The first-order chi connectivity index (χ1) is 7.83. The second kappa shape index (κ2) is 5.85. The van der Waals surface area contributed by atoms with Crippen molar-refractivity contribution in [1.29, 1.82) is 0 Å². The standard InChI is InChI=1S/C13H20BrNO2/c1-4-11(15-8-13(2,3)17)10-7-9(14)5-6-12(10)16/h5-7,11,15-17H,4,8H2,1-3H3. The molecule has 1 aromatic carbocycles. The average Bonchev–Trinajstić information content (AvgIpc) is 2.22. The van der Waals surface area contributed by atoms with E-state index < -0.39 is 5.60 Å². The van der Waals surface area contributed by atoms with Crippen molar-refractivity contribution in [3.8, 4) is 5.75 Å². The fourth-order valence-corrected chi connectivity index (χ4v) is 2.03. The summed E-state index contributed by atoms with van der Waals surface area (Å²) in [7, 11) is 0. The molecule has 1 atom stereocenters. The Hall–Kier alpha value is -0.580. The lowest BCUT2D eigenvalue weighted by atomic mass is 10.0. The Morgan fingerprint density at radius 1 is 1.41 bits per heavy atom. The van der Waals surface area contributed by atoms with Crippen LogP contribution in [0.3, 0.4) is 0 Å². The highest BCUT2D eigenvalue weighted by Crippen LogP contribution is 2.29. The molecule has 0 spiro atoms. The first kappa shape index (κ1) is 14.5. The van der Waals surface area contributed by atoms with Gasteiger partial charge in [0, 0.05) is 22.6 Å². The molecule has 0 aliphatic carbocycles. The minimum absolute atomic E-state index is 0.0407. The lowest BCUT2D eigenvalue weighted by Gasteiger charge is -2.24. The van der Waals surface area contributed by atoms with Gasteiger partial charge in [-0.05, 0) is 38.5 Å². The van der Waals surface area contributed by atoms with E-state index >= 15 is 0 Å². The number of hydrogen-bond donors (Lipinski definition) is 3. The SMILES string of the molecule is CCC(NCC(C)(C)O)c1cc(Br)ccc1O. The molecule has 0 heterocycles. The number of aliphatic hydroxyl groups is 1. The molecular weight excluding hydrogens is 282 g/mol. The second-order valence-corrected chi connectivity index (χ2v) is 5.77. The van der Waals surface area contributed by atoms with Crippen molar-refractivity contribution in [3.63, 3.8) is 0 Å². The molecule has 0 fully saturated rings. The Bertz CT molecular complexity index is 374. The number of aromatic hydroxyl groups is 1. The van der Waals surface area contributed by atoms with Gasteiger partial charge in [-0.1, -0.05) is 22.9 Å². The molecule has 0 aliphatic rings. The quantitative estimate of drug-likeness (QED) is 0.784. The Balaban J connectivity index is 2.82. The van der Waals surface area contributed by atoms with Crippen LogP contribution in [0, 0.1) is 0 Å². The molecule has 3 nitrogen and oxygen atoms in total. The van der Waals surface area contributed by atoms with E-state index in [-0.39, 0.29) is 11.8 Å². The van der Waals surface area contributed by atoms with Crippen LogP contribution in [-0.4, -0.2) is 22.4 Å². The Morgan fingerprint density at radius 3 is 2.59 bits per heavy atom. The van der Waals surface area contributed by atoms with Crippen molar-refractivity contribution in [2.75, 3.05) is 6.54 Å². The monoisotopic (exact) mass is 301 g/mol. The van der Waals surface area contributed by atoms with Crippen LogP contribution < -0.4 is 5.32 Å². The normalized spacial score (nSPS) is 13.7. The highest BCUT2D eigenvalue weighted by molar-refractivity contribution is 9.10. The first-order valence-corrected chi connectivity index (χ1v) is 6.57. The highest BCUT2D eigenvalue weighted by Gasteiger charge is 2.18. The summed E-state index contributed by atoms with van der Waals surface area (Å²) in [6.07, 6.45) is 0.847. The third-order valence-corrected chi connectivity index (χ3v) is 3.05. The molecular formula is C13H20BrNO2. The van der Waals surface area contributed by atoms with Gasteiger partial charge in [-0.25, -0.2) is 0 Å².